The van der Waals surface area contributed by atoms with E-state index < -0.39 is 21.3 Å². The smallest absolute Gasteiger partial charge is 0.244 e. The fourth-order valence-corrected chi connectivity index (χ4v) is 4.67. The van der Waals surface area contributed by atoms with E-state index in [9.17, 15) is 13.2 Å². The van der Waals surface area contributed by atoms with E-state index in [-0.39, 0.29) is 17.4 Å². The van der Waals surface area contributed by atoms with Gasteiger partial charge in [-0.1, -0.05) is 38.1 Å². The molecule has 7 heteroatoms. The Morgan fingerprint density at radius 1 is 1.35 bits per heavy atom. The van der Waals surface area contributed by atoms with Crippen LogP contribution >= 0.6 is 0 Å². The van der Waals surface area contributed by atoms with Crippen molar-refractivity contribution in [2.24, 2.45) is 17.1 Å². The lowest BCUT2D eigenvalue weighted by atomic mass is 9.66. The average molecular weight is 378 g/mol. The van der Waals surface area contributed by atoms with Crippen LogP contribution in [0.25, 0.3) is 0 Å². The number of allylic oxidation sites excluding steroid dienone is 2. The van der Waals surface area contributed by atoms with Crippen molar-refractivity contribution in [1.29, 1.82) is 0 Å². The second kappa shape index (κ2) is 8.05. The predicted molar refractivity (Wildman–Crippen MR) is 101 cm³/mol. The summed E-state index contributed by atoms with van der Waals surface area (Å²) in [6, 6.07) is 6.32. The third-order valence-electron chi connectivity index (χ3n) is 5.07. The van der Waals surface area contributed by atoms with Gasteiger partial charge in [0, 0.05) is 23.6 Å². The minimum atomic E-state index is -3.71. The van der Waals surface area contributed by atoms with Crippen molar-refractivity contribution < 1.29 is 17.9 Å². The molecule has 1 amide bonds. The molecule has 1 aliphatic rings. The molecule has 0 aromatic heterocycles. The molecular weight excluding hydrogens is 352 g/mol. The first-order chi connectivity index (χ1) is 12.3. The summed E-state index contributed by atoms with van der Waals surface area (Å²) in [4.78, 5) is 11.9. The normalized spacial score (nSPS) is 22.7. The molecule has 0 radical (unpaired) electrons. The molecule has 0 saturated carbocycles. The Labute approximate surface area is 155 Å². The summed E-state index contributed by atoms with van der Waals surface area (Å²) in [5.41, 5.74) is 5.56. The number of amides is 1. The molecule has 0 saturated heterocycles. The molecule has 1 aromatic rings. The number of benzene rings is 1. The lowest BCUT2D eigenvalue weighted by Gasteiger charge is -2.40. The highest BCUT2D eigenvalue weighted by Crippen LogP contribution is 2.42. The van der Waals surface area contributed by atoms with Crippen molar-refractivity contribution >= 4 is 15.9 Å². The molecule has 142 valence electrons. The maximum atomic E-state index is 12.7. The molecule has 1 aromatic carbocycles. The summed E-state index contributed by atoms with van der Waals surface area (Å²) in [7, 11) is -2.22. The second-order valence-corrected chi connectivity index (χ2v) is 8.16. The van der Waals surface area contributed by atoms with Gasteiger partial charge < -0.3 is 10.5 Å². The number of rotatable bonds is 8. The Kier molecular flexibility index (Phi) is 6.26. The van der Waals surface area contributed by atoms with Gasteiger partial charge in [-0.05, 0) is 30.9 Å². The van der Waals surface area contributed by atoms with Crippen molar-refractivity contribution in [1.82, 2.24) is 4.72 Å². The van der Waals surface area contributed by atoms with E-state index in [2.05, 4.69) is 4.72 Å². The van der Waals surface area contributed by atoms with E-state index in [4.69, 9.17) is 10.5 Å². The standard InChI is InChI=1S/C19H26N2O4S/c1-4-17-16(18(20)22)10-7-11-19(17,5-2)13-21-26(23,24)15-9-6-8-14(12-15)25-3/h6-12,17,21H,4-5,13H2,1-3H3,(H2,20,22). The molecule has 26 heavy (non-hydrogen) atoms. The molecule has 0 fully saturated rings. The molecule has 2 unspecified atom stereocenters. The summed E-state index contributed by atoms with van der Waals surface area (Å²) in [5.74, 6) is -0.126. The van der Waals surface area contributed by atoms with Crippen LogP contribution in [0.1, 0.15) is 26.7 Å². The Morgan fingerprint density at radius 3 is 2.65 bits per heavy atom. The topological polar surface area (TPSA) is 98.5 Å². The number of hydrogen-bond acceptors (Lipinski definition) is 4. The van der Waals surface area contributed by atoms with E-state index >= 15 is 0 Å². The number of ether oxygens (including phenoxy) is 1. The summed E-state index contributed by atoms with van der Waals surface area (Å²) in [6.45, 7) is 4.14. The van der Waals surface area contributed by atoms with E-state index in [1.54, 1.807) is 24.3 Å². The van der Waals surface area contributed by atoms with Gasteiger partial charge in [0.05, 0.1) is 12.0 Å². The molecule has 6 nitrogen and oxygen atoms in total. The molecule has 2 atom stereocenters. The van der Waals surface area contributed by atoms with Gasteiger partial charge in [0.25, 0.3) is 0 Å². The maximum absolute atomic E-state index is 12.7. The van der Waals surface area contributed by atoms with Crippen LogP contribution in [0.3, 0.4) is 0 Å². The highest BCUT2D eigenvalue weighted by molar-refractivity contribution is 7.89. The average Bonchev–Trinajstić information content (AvgIpc) is 2.65. The SMILES string of the molecule is CCC1C(C(N)=O)=CC=CC1(CC)CNS(=O)(=O)c1cccc(OC)c1. The number of carbonyl (C=O) groups is 1. The molecule has 0 heterocycles. The fourth-order valence-electron chi connectivity index (χ4n) is 3.52. The maximum Gasteiger partial charge on any atom is 0.244 e. The van der Waals surface area contributed by atoms with Gasteiger partial charge in [0.15, 0.2) is 0 Å². The van der Waals surface area contributed by atoms with Crippen molar-refractivity contribution in [2.45, 2.75) is 31.6 Å². The number of carbonyl (C=O) groups excluding carboxylic acids is 1. The number of nitrogens with one attached hydrogen (secondary N) is 1. The first-order valence-corrected chi connectivity index (χ1v) is 10.1. The predicted octanol–water partition coefficient (Wildman–Crippen LogP) is 2.38. The molecule has 3 N–H and O–H groups in total. The van der Waals surface area contributed by atoms with E-state index in [1.165, 1.54) is 19.2 Å². The van der Waals surface area contributed by atoms with Gasteiger partial charge in [0.2, 0.25) is 15.9 Å². The molecule has 0 spiro atoms. The molecule has 2 rings (SSSR count). The zero-order chi connectivity index (χ0) is 19.4. The highest BCUT2D eigenvalue weighted by atomic mass is 32.2. The van der Waals surface area contributed by atoms with E-state index in [0.29, 0.717) is 24.2 Å². The van der Waals surface area contributed by atoms with Crippen LogP contribution in [0.15, 0.2) is 53.0 Å². The highest BCUT2D eigenvalue weighted by Gasteiger charge is 2.40. The Balaban J connectivity index is 2.28. The van der Waals surface area contributed by atoms with Crippen LogP contribution in [0, 0.1) is 11.3 Å². The summed E-state index contributed by atoms with van der Waals surface area (Å²) >= 11 is 0. The molecule has 0 bridgehead atoms. The van der Waals surface area contributed by atoms with Gasteiger partial charge in [0.1, 0.15) is 5.75 Å². The first-order valence-electron chi connectivity index (χ1n) is 8.62. The van der Waals surface area contributed by atoms with Crippen LogP contribution < -0.4 is 15.2 Å². The molecular formula is C19H26N2O4S. The van der Waals surface area contributed by atoms with Crippen molar-refractivity contribution in [3.05, 3.63) is 48.1 Å². The number of sulfonamides is 1. The Morgan fingerprint density at radius 2 is 2.08 bits per heavy atom. The van der Waals surface area contributed by atoms with Crippen molar-refractivity contribution in [3.8, 4) is 5.75 Å². The Hall–Kier alpha value is -2.12. The third kappa shape index (κ3) is 3.99. The monoisotopic (exact) mass is 378 g/mol. The Bertz CT molecular complexity index is 830. The lowest BCUT2D eigenvalue weighted by molar-refractivity contribution is -0.115. The minimum Gasteiger partial charge on any atom is -0.497 e. The number of methoxy groups -OCH3 is 1. The zero-order valence-electron chi connectivity index (χ0n) is 15.4. The molecule has 1 aliphatic carbocycles. The number of nitrogens with two attached hydrogens (primary N) is 1. The van der Waals surface area contributed by atoms with Crippen molar-refractivity contribution in [2.75, 3.05) is 13.7 Å². The third-order valence-corrected chi connectivity index (χ3v) is 6.47. The van der Waals surface area contributed by atoms with Crippen LogP contribution in [-0.2, 0) is 14.8 Å². The summed E-state index contributed by atoms with van der Waals surface area (Å²) in [5, 5.41) is 0. The lowest BCUT2D eigenvalue weighted by Crippen LogP contribution is -2.44. The van der Waals surface area contributed by atoms with Gasteiger partial charge >= 0.3 is 0 Å². The van der Waals surface area contributed by atoms with Gasteiger partial charge in [-0.15, -0.1) is 0 Å². The second-order valence-electron chi connectivity index (χ2n) is 6.40. The van der Waals surface area contributed by atoms with Crippen molar-refractivity contribution in [3.63, 3.8) is 0 Å². The number of hydrogen-bond donors (Lipinski definition) is 2. The number of primary amides is 1. The summed E-state index contributed by atoms with van der Waals surface area (Å²) < 4.78 is 33.2. The minimum absolute atomic E-state index is 0.136. The van der Waals surface area contributed by atoms with Crippen LogP contribution in [0.2, 0.25) is 0 Å². The quantitative estimate of drug-likeness (QED) is 0.725. The first kappa shape index (κ1) is 20.2. The van der Waals surface area contributed by atoms with Gasteiger partial charge in [-0.3, -0.25) is 4.79 Å². The van der Waals surface area contributed by atoms with Gasteiger partial charge in [-0.25, -0.2) is 13.1 Å². The fraction of sp³-hybridized carbons (Fsp3) is 0.421. The van der Waals surface area contributed by atoms with Crippen LogP contribution in [0.4, 0.5) is 0 Å². The molecule has 0 aliphatic heterocycles. The summed E-state index contributed by atoms with van der Waals surface area (Å²) in [6.07, 6.45) is 6.85. The van der Waals surface area contributed by atoms with Crippen LogP contribution in [-0.4, -0.2) is 28.0 Å². The van der Waals surface area contributed by atoms with Gasteiger partial charge in [-0.2, -0.15) is 0 Å². The van der Waals surface area contributed by atoms with E-state index in [0.717, 1.165) is 0 Å². The zero-order valence-corrected chi connectivity index (χ0v) is 16.2. The van der Waals surface area contributed by atoms with E-state index in [1.807, 2.05) is 19.9 Å². The van der Waals surface area contributed by atoms with Crippen LogP contribution in [0.5, 0.6) is 5.75 Å². The largest absolute Gasteiger partial charge is 0.497 e.